The molecule has 4 aliphatic heterocycles. The molecule has 0 bridgehead atoms. The second kappa shape index (κ2) is 41.4. The number of nitrogens with one attached hydrogen (secondary N) is 8. The second-order valence-electron chi connectivity index (χ2n) is 31.4. The third kappa shape index (κ3) is 23.9. The van der Waals surface area contributed by atoms with Crippen molar-refractivity contribution < 1.29 is 13.7 Å². The molecular weight excluding hydrogens is 1570 g/mol. The van der Waals surface area contributed by atoms with Crippen LogP contribution >= 0.6 is 11.5 Å². The summed E-state index contributed by atoms with van der Waals surface area (Å²) in [5.74, 6) is 3.23. The van der Waals surface area contributed by atoms with Gasteiger partial charge >= 0.3 is 0 Å². The molecule has 0 spiro atoms. The molecule has 11 aromatic carbocycles. The van der Waals surface area contributed by atoms with Crippen molar-refractivity contribution in [3.8, 4) is 0 Å². The van der Waals surface area contributed by atoms with Crippen LogP contribution in [0.1, 0.15) is 105 Å². The lowest BCUT2D eigenvalue weighted by Gasteiger charge is -1.98. The number of hydrogen-bond donors (Lipinski definition) is 12. The van der Waals surface area contributed by atoms with Crippen LogP contribution in [0.4, 0.5) is 28.8 Å². The minimum Gasteiger partial charge on any atom is -0.461 e. The summed E-state index contributed by atoms with van der Waals surface area (Å²) in [6.07, 6.45) is 11.6. The predicted molar refractivity (Wildman–Crippen MR) is 516 cm³/mol. The normalized spacial score (nSPS) is 11.9. The summed E-state index contributed by atoms with van der Waals surface area (Å²) in [5, 5.41) is 44.9. The van der Waals surface area contributed by atoms with E-state index in [1.165, 1.54) is 140 Å². The van der Waals surface area contributed by atoms with Crippen LogP contribution in [-0.4, -0.2) is 85.1 Å². The van der Waals surface area contributed by atoms with E-state index in [0.29, 0.717) is 29.8 Å². The molecule has 0 unspecified atom stereocenters. The van der Waals surface area contributed by atoms with Crippen molar-refractivity contribution in [2.24, 2.45) is 10.7 Å². The lowest BCUT2D eigenvalue weighted by atomic mass is 10.1. The maximum absolute atomic E-state index is 11.1. The molecule has 13 heterocycles. The number of amides is 1. The van der Waals surface area contributed by atoms with Crippen molar-refractivity contribution in [2.45, 2.75) is 109 Å². The number of carbonyl (C=O) groups is 1. The van der Waals surface area contributed by atoms with Crippen LogP contribution in [0.5, 0.6) is 0 Å². The molecule has 24 heteroatoms. The zero-order valence-electron chi connectivity index (χ0n) is 72.5. The number of furan rings is 1. The molecule has 24 rings (SSSR count). The maximum Gasteiger partial charge on any atom is 0.251 e. The summed E-state index contributed by atoms with van der Waals surface area (Å²) in [4.78, 5) is 25.5. The molecule has 23 nitrogen and oxygen atoms in total. The standard InChI is InChI=1S/C9H10N2.C9H9NO.C9H11N.C9H9N.C9H11N.C9H9N.2C8H8N2O.C8H8N2S.2C8H8N2.C7H7N3/c1-6-2-3-8-7(4-6)5-11-9(8)10;1-6-2-3-7-5-10-9(11)8(7)4-6;2*1-7-2-3-9-8(6-7)4-5-10-9;2*1-7-2-3-8-4-5-10-9(8)6-7;1-5-4-6-7(11-5)2-3-10-8(6)9;2*1-5-2-3-6-7(4-5)11-10-8(6)9;1-6-2-3-8-7(4-6)5-9-10-8;1-6-2-3-7-5-9-10-8(7)4-6;1-5-2-3-6-7(4-5)9-10-8-6/h2-4H,5H2,1H3,(H2,10,11);2-4H,5H2,1H3,(H,10,11);2-3,6,10H,4-5H2,1H3;2-6,10H,1H3;2-3,6,10H,4-5H2,1H3;2-6,10H,1H3;3*2-4H,1H3,(H2,9,10);2*2-5H,1H3,(H,9,10);2-4H,1H3,(H,8,9,10). The highest BCUT2D eigenvalue weighted by molar-refractivity contribution is 7.13. The van der Waals surface area contributed by atoms with Crippen LogP contribution in [0, 0.1) is 83.1 Å². The summed E-state index contributed by atoms with van der Waals surface area (Å²) >= 11 is 1.45. The number of carbonyl (C=O) groups excluding carboxylic acids is 1. The number of aryl methyl sites for hydroxylation is 12. The lowest BCUT2D eigenvalue weighted by molar-refractivity contribution is 0.0965. The number of aromatic amines is 5. The van der Waals surface area contributed by atoms with Gasteiger partial charge in [0.1, 0.15) is 39.8 Å². The van der Waals surface area contributed by atoms with Gasteiger partial charge in [-0.2, -0.15) is 30.0 Å². The van der Waals surface area contributed by atoms with Crippen molar-refractivity contribution in [3.05, 3.63) is 356 Å². The number of benzene rings is 11. The topological polar surface area (TPSA) is 365 Å². The van der Waals surface area contributed by atoms with Gasteiger partial charge in [-0.05, 0) is 289 Å². The van der Waals surface area contributed by atoms with Gasteiger partial charge in [0.15, 0.2) is 11.4 Å². The van der Waals surface area contributed by atoms with Crippen molar-refractivity contribution in [2.75, 3.05) is 40.9 Å². The first kappa shape index (κ1) is 87.6. The Balaban J connectivity index is 0.000000117. The van der Waals surface area contributed by atoms with E-state index < -0.39 is 0 Å². The van der Waals surface area contributed by atoms with Crippen LogP contribution in [0.2, 0.25) is 0 Å². The first-order valence-electron chi connectivity index (χ1n) is 41.3. The second-order valence-corrected chi connectivity index (χ2v) is 32.2. The fourth-order valence-corrected chi connectivity index (χ4v) is 15.0. The molecule has 1 amide bonds. The fourth-order valence-electron chi connectivity index (χ4n) is 14.2. The summed E-state index contributed by atoms with van der Waals surface area (Å²) in [6.45, 7) is 28.3. The number of nitrogens with two attached hydrogens (primary N) is 4. The van der Waals surface area contributed by atoms with Gasteiger partial charge in [0, 0.05) is 87.9 Å². The Kier molecular flexibility index (Phi) is 29.0. The van der Waals surface area contributed by atoms with Gasteiger partial charge < -0.3 is 57.8 Å². The van der Waals surface area contributed by atoms with E-state index in [1.807, 2.05) is 137 Å². The van der Waals surface area contributed by atoms with Gasteiger partial charge in [-0.25, -0.2) is 4.98 Å². The number of aromatic nitrogens is 12. The van der Waals surface area contributed by atoms with E-state index in [2.05, 4.69) is 270 Å². The Bertz CT molecular complexity index is 6520. The smallest absolute Gasteiger partial charge is 0.251 e. The van der Waals surface area contributed by atoms with Crippen LogP contribution in [-0.2, 0) is 25.9 Å². The molecule has 20 aromatic rings. The number of rotatable bonds is 0. The molecule has 0 atom stereocenters. The molecule has 4 aliphatic rings. The van der Waals surface area contributed by atoms with Gasteiger partial charge in [0.05, 0.1) is 45.4 Å². The van der Waals surface area contributed by atoms with Gasteiger partial charge in [-0.3, -0.25) is 20.0 Å². The Hall–Kier alpha value is -15.2. The Morgan fingerprint density at radius 3 is 1.74 bits per heavy atom. The number of pyridine rings is 1. The van der Waals surface area contributed by atoms with E-state index in [1.54, 1.807) is 12.3 Å². The van der Waals surface area contributed by atoms with E-state index in [0.717, 1.165) is 103 Å². The summed E-state index contributed by atoms with van der Waals surface area (Å²) in [7, 11) is 0. The monoisotopic (exact) mass is 1680 g/mol. The van der Waals surface area contributed by atoms with E-state index in [-0.39, 0.29) is 5.91 Å². The Labute approximate surface area is 730 Å². The molecule has 0 radical (unpaired) electrons. The van der Waals surface area contributed by atoms with Crippen molar-refractivity contribution in [3.63, 3.8) is 0 Å². The molecule has 125 heavy (non-hydrogen) atoms. The van der Waals surface area contributed by atoms with Gasteiger partial charge in [0.25, 0.3) is 5.91 Å². The quantitative estimate of drug-likeness (QED) is 0.0671. The highest BCUT2D eigenvalue weighted by atomic mass is 32.1. The minimum absolute atomic E-state index is 0.0590. The van der Waals surface area contributed by atoms with Gasteiger partial charge in [0.2, 0.25) is 0 Å². The summed E-state index contributed by atoms with van der Waals surface area (Å²) < 4.78 is 15.5. The Morgan fingerprint density at radius 2 is 0.960 bits per heavy atom. The SMILES string of the molecule is Cc1cc2c(N)nccc2o1.Cc1ccc2[nH]ccc2c1.Cc1ccc2[nH]ncc2c1.Cc1ccc2c(N)noc2c1.Cc1ccc2c(N)nsc2c1.Cc1ccc2c(c1)C(=O)NC2.Cc1ccc2c(c1)CCN2.Cc1ccc2c(c1)CN=C2N.Cc1ccc2c(c1)NCC2.Cc1ccc2cc[nH]c2c1.Cc1ccc2cn[nH]c2c1.Cc1ccc2n[nH]nc2c1. The largest absolute Gasteiger partial charge is 0.461 e. The first-order chi connectivity index (χ1) is 60.4. The number of aliphatic imine (C=N–C) groups is 1. The molecule has 0 saturated heterocycles. The lowest BCUT2D eigenvalue weighted by Crippen LogP contribution is -2.12. The third-order valence-corrected chi connectivity index (χ3v) is 21.7. The number of amidine groups is 1. The number of fused-ring (bicyclic) bond motifs is 12. The summed E-state index contributed by atoms with van der Waals surface area (Å²) in [5.41, 5.74) is 54.2. The van der Waals surface area contributed by atoms with E-state index in [4.69, 9.17) is 31.9 Å². The molecule has 16 N–H and O–H groups in total. The van der Waals surface area contributed by atoms with E-state index >= 15 is 0 Å². The molecular formula is C101H106N20O3S. The minimum atomic E-state index is 0.0590. The molecule has 0 aliphatic carbocycles. The number of anilines is 5. The highest BCUT2D eigenvalue weighted by Gasteiger charge is 2.18. The van der Waals surface area contributed by atoms with Crippen molar-refractivity contribution in [1.29, 1.82) is 0 Å². The number of hydrogen-bond acceptors (Lipinski definition) is 18. The van der Waals surface area contributed by atoms with E-state index in [9.17, 15) is 4.79 Å². The third-order valence-electron chi connectivity index (χ3n) is 20.8. The predicted octanol–water partition coefficient (Wildman–Crippen LogP) is 22.0. The van der Waals surface area contributed by atoms with Crippen molar-refractivity contribution >= 4 is 139 Å². The van der Waals surface area contributed by atoms with Crippen LogP contribution in [0.15, 0.2) is 269 Å². The molecule has 0 saturated carbocycles. The van der Waals surface area contributed by atoms with Gasteiger partial charge in [-0.15, -0.1) is 0 Å². The highest BCUT2D eigenvalue weighted by Crippen LogP contribution is 2.29. The zero-order valence-corrected chi connectivity index (χ0v) is 73.3. The number of nitrogen functional groups attached to an aromatic ring is 3. The molecule has 0 fully saturated rings. The first-order valence-corrected chi connectivity index (χ1v) is 42.1. The average Bonchev–Trinajstić information content (AvgIpc) is 1.70. The zero-order chi connectivity index (χ0) is 88.0. The summed E-state index contributed by atoms with van der Waals surface area (Å²) in [6, 6.07) is 76.4. The van der Waals surface area contributed by atoms with Gasteiger partial charge in [-0.1, -0.05) is 142 Å². The average molecular weight is 1680 g/mol. The molecule has 634 valence electrons. The van der Waals surface area contributed by atoms with Crippen LogP contribution in [0.25, 0.3) is 86.7 Å². The Morgan fingerprint density at radius 1 is 0.392 bits per heavy atom. The number of nitrogens with zero attached hydrogens (tertiary/aromatic N) is 8. The van der Waals surface area contributed by atoms with Crippen LogP contribution in [0.3, 0.4) is 0 Å². The fraction of sp³-hybridized carbons (Fsp3) is 0.178. The number of H-pyrrole nitrogens is 5. The maximum atomic E-state index is 11.1. The van der Waals surface area contributed by atoms with Crippen LogP contribution < -0.4 is 38.9 Å². The van der Waals surface area contributed by atoms with Crippen molar-refractivity contribution in [1.82, 2.24) is 65.6 Å². The molecule has 9 aromatic heterocycles.